The first-order valence-corrected chi connectivity index (χ1v) is 6.98. The number of nitrogens with two attached hydrogens (primary N) is 1. The summed E-state index contributed by atoms with van der Waals surface area (Å²) in [5.41, 5.74) is 10.0. The SMILES string of the molecule is Cc1ncsc1C(C)Nc1ccc(CC(N)=O)cc1. The molecule has 0 fully saturated rings. The van der Waals surface area contributed by atoms with Gasteiger partial charge < -0.3 is 11.1 Å². The Balaban J connectivity index is 2.03. The van der Waals surface area contributed by atoms with E-state index in [0.29, 0.717) is 0 Å². The van der Waals surface area contributed by atoms with Gasteiger partial charge in [0.2, 0.25) is 5.91 Å². The molecule has 1 aromatic heterocycles. The van der Waals surface area contributed by atoms with Crippen LogP contribution in [-0.4, -0.2) is 10.9 Å². The van der Waals surface area contributed by atoms with Gasteiger partial charge in [0.05, 0.1) is 23.7 Å². The van der Waals surface area contributed by atoms with Gasteiger partial charge in [0.25, 0.3) is 0 Å². The van der Waals surface area contributed by atoms with Crippen LogP contribution in [0.5, 0.6) is 0 Å². The van der Waals surface area contributed by atoms with E-state index in [0.717, 1.165) is 16.9 Å². The Morgan fingerprint density at radius 2 is 2.11 bits per heavy atom. The molecule has 100 valence electrons. The van der Waals surface area contributed by atoms with E-state index in [1.807, 2.05) is 36.7 Å². The zero-order valence-corrected chi connectivity index (χ0v) is 11.8. The molecule has 1 unspecified atom stereocenters. The minimum atomic E-state index is -0.311. The molecule has 0 spiro atoms. The number of carbonyl (C=O) groups excluding carboxylic acids is 1. The van der Waals surface area contributed by atoms with Gasteiger partial charge in [-0.1, -0.05) is 12.1 Å². The van der Waals surface area contributed by atoms with Gasteiger partial charge >= 0.3 is 0 Å². The molecular formula is C14H17N3OS. The first kappa shape index (κ1) is 13.5. The van der Waals surface area contributed by atoms with Crippen LogP contribution in [0.25, 0.3) is 0 Å². The number of aromatic nitrogens is 1. The summed E-state index contributed by atoms with van der Waals surface area (Å²) in [7, 11) is 0. The van der Waals surface area contributed by atoms with Gasteiger partial charge in [-0.05, 0) is 31.5 Å². The largest absolute Gasteiger partial charge is 0.378 e. The molecule has 19 heavy (non-hydrogen) atoms. The van der Waals surface area contributed by atoms with Crippen LogP contribution in [0.15, 0.2) is 29.8 Å². The summed E-state index contributed by atoms with van der Waals surface area (Å²) in [6, 6.07) is 7.98. The topological polar surface area (TPSA) is 68.0 Å². The highest BCUT2D eigenvalue weighted by Crippen LogP contribution is 2.25. The van der Waals surface area contributed by atoms with Crippen molar-refractivity contribution in [1.29, 1.82) is 0 Å². The predicted molar refractivity (Wildman–Crippen MR) is 78.2 cm³/mol. The molecule has 0 saturated heterocycles. The minimum absolute atomic E-state index is 0.217. The van der Waals surface area contributed by atoms with E-state index in [4.69, 9.17) is 5.73 Å². The Labute approximate surface area is 116 Å². The number of amides is 1. The summed E-state index contributed by atoms with van der Waals surface area (Å²) >= 11 is 1.65. The number of anilines is 1. The van der Waals surface area contributed by atoms with Crippen LogP contribution in [-0.2, 0) is 11.2 Å². The molecule has 3 N–H and O–H groups in total. The van der Waals surface area contributed by atoms with E-state index in [-0.39, 0.29) is 18.4 Å². The van der Waals surface area contributed by atoms with Crippen molar-refractivity contribution < 1.29 is 4.79 Å². The minimum Gasteiger partial charge on any atom is -0.378 e. The van der Waals surface area contributed by atoms with E-state index >= 15 is 0 Å². The van der Waals surface area contributed by atoms with Crippen LogP contribution in [0.3, 0.4) is 0 Å². The number of primary amides is 1. The first-order valence-electron chi connectivity index (χ1n) is 6.10. The summed E-state index contributed by atoms with van der Waals surface area (Å²) in [4.78, 5) is 16.3. The third-order valence-corrected chi connectivity index (χ3v) is 4.01. The smallest absolute Gasteiger partial charge is 0.221 e. The van der Waals surface area contributed by atoms with Crippen LogP contribution in [0, 0.1) is 6.92 Å². The van der Waals surface area contributed by atoms with E-state index in [9.17, 15) is 4.79 Å². The van der Waals surface area contributed by atoms with E-state index in [1.54, 1.807) is 11.3 Å². The maximum Gasteiger partial charge on any atom is 0.221 e. The van der Waals surface area contributed by atoms with E-state index in [1.165, 1.54) is 4.88 Å². The van der Waals surface area contributed by atoms with Gasteiger partial charge in [-0.3, -0.25) is 4.79 Å². The summed E-state index contributed by atoms with van der Waals surface area (Å²) < 4.78 is 0. The Morgan fingerprint density at radius 3 is 2.63 bits per heavy atom. The summed E-state index contributed by atoms with van der Waals surface area (Å²) in [6.07, 6.45) is 0.282. The third-order valence-electron chi connectivity index (χ3n) is 2.89. The molecule has 0 aliphatic rings. The van der Waals surface area contributed by atoms with Gasteiger partial charge in [0.15, 0.2) is 0 Å². The summed E-state index contributed by atoms with van der Waals surface area (Å²) in [5, 5.41) is 3.42. The van der Waals surface area contributed by atoms with Crippen molar-refractivity contribution in [3.8, 4) is 0 Å². The number of benzene rings is 1. The monoisotopic (exact) mass is 275 g/mol. The van der Waals surface area contributed by atoms with Crippen molar-refractivity contribution in [2.75, 3.05) is 5.32 Å². The molecule has 4 nitrogen and oxygen atoms in total. The Kier molecular flexibility index (Phi) is 4.16. The standard InChI is InChI=1S/C14H17N3OS/c1-9-14(19-8-16-9)10(2)17-12-5-3-11(4-6-12)7-13(15)18/h3-6,8,10,17H,7H2,1-2H3,(H2,15,18). The van der Waals surface area contributed by atoms with Crippen molar-refractivity contribution in [1.82, 2.24) is 4.98 Å². The molecule has 0 bridgehead atoms. The van der Waals surface area contributed by atoms with Crippen LogP contribution >= 0.6 is 11.3 Å². The van der Waals surface area contributed by atoms with Gasteiger partial charge in [-0.25, -0.2) is 4.98 Å². The molecular weight excluding hydrogens is 258 g/mol. The lowest BCUT2D eigenvalue weighted by Crippen LogP contribution is -2.13. The highest BCUT2D eigenvalue weighted by molar-refractivity contribution is 7.09. The highest BCUT2D eigenvalue weighted by atomic mass is 32.1. The lowest BCUT2D eigenvalue weighted by Gasteiger charge is -2.14. The third kappa shape index (κ3) is 3.54. The number of thiazole rings is 1. The Morgan fingerprint density at radius 1 is 1.42 bits per heavy atom. The zero-order valence-electron chi connectivity index (χ0n) is 11.0. The molecule has 0 aliphatic carbocycles. The molecule has 1 atom stereocenters. The number of hydrogen-bond acceptors (Lipinski definition) is 4. The summed E-state index contributed by atoms with van der Waals surface area (Å²) in [5.74, 6) is -0.311. The molecule has 2 rings (SSSR count). The zero-order chi connectivity index (χ0) is 13.8. The fourth-order valence-corrected chi connectivity index (χ4v) is 2.77. The van der Waals surface area contributed by atoms with Crippen molar-refractivity contribution in [2.45, 2.75) is 26.3 Å². The molecule has 1 heterocycles. The second-order valence-electron chi connectivity index (χ2n) is 4.51. The number of nitrogens with one attached hydrogen (secondary N) is 1. The van der Waals surface area contributed by atoms with Crippen molar-refractivity contribution >= 4 is 22.9 Å². The van der Waals surface area contributed by atoms with Crippen molar-refractivity contribution in [2.24, 2.45) is 5.73 Å². The number of nitrogens with zero attached hydrogens (tertiary/aromatic N) is 1. The number of carbonyl (C=O) groups is 1. The fourth-order valence-electron chi connectivity index (χ4n) is 1.96. The van der Waals surface area contributed by atoms with E-state index < -0.39 is 0 Å². The van der Waals surface area contributed by atoms with Gasteiger partial charge in [0.1, 0.15) is 0 Å². The van der Waals surface area contributed by atoms with E-state index in [2.05, 4.69) is 17.2 Å². The Hall–Kier alpha value is -1.88. The maximum absolute atomic E-state index is 10.8. The number of hydrogen-bond donors (Lipinski definition) is 2. The van der Waals surface area contributed by atoms with Crippen LogP contribution < -0.4 is 11.1 Å². The lowest BCUT2D eigenvalue weighted by molar-refractivity contribution is -0.117. The van der Waals surface area contributed by atoms with Crippen molar-refractivity contribution in [3.05, 3.63) is 45.9 Å². The maximum atomic E-state index is 10.8. The molecule has 1 amide bonds. The predicted octanol–water partition coefficient (Wildman–Crippen LogP) is 2.65. The van der Waals surface area contributed by atoms with Crippen LogP contribution in [0.1, 0.15) is 29.1 Å². The second kappa shape index (κ2) is 5.84. The van der Waals surface area contributed by atoms with Gasteiger partial charge in [-0.15, -0.1) is 11.3 Å². The molecule has 0 aliphatic heterocycles. The average molecular weight is 275 g/mol. The molecule has 0 radical (unpaired) electrons. The molecule has 0 saturated carbocycles. The lowest BCUT2D eigenvalue weighted by atomic mass is 10.1. The van der Waals surface area contributed by atoms with Crippen molar-refractivity contribution in [3.63, 3.8) is 0 Å². The van der Waals surface area contributed by atoms with Crippen LogP contribution in [0.2, 0.25) is 0 Å². The summed E-state index contributed by atoms with van der Waals surface area (Å²) in [6.45, 7) is 4.12. The average Bonchev–Trinajstić information content (AvgIpc) is 2.77. The molecule has 1 aromatic carbocycles. The Bertz CT molecular complexity index is 562. The second-order valence-corrected chi connectivity index (χ2v) is 5.39. The number of rotatable bonds is 5. The van der Waals surface area contributed by atoms with Gasteiger partial charge in [-0.2, -0.15) is 0 Å². The van der Waals surface area contributed by atoms with Crippen LogP contribution in [0.4, 0.5) is 5.69 Å². The van der Waals surface area contributed by atoms with Gasteiger partial charge in [0, 0.05) is 10.6 Å². The molecule has 2 aromatic rings. The normalized spacial score (nSPS) is 12.1. The fraction of sp³-hybridized carbons (Fsp3) is 0.286. The number of aryl methyl sites for hydroxylation is 1. The molecule has 5 heteroatoms. The highest BCUT2D eigenvalue weighted by Gasteiger charge is 2.10. The quantitative estimate of drug-likeness (QED) is 0.881. The first-order chi connectivity index (χ1) is 9.06.